The van der Waals surface area contributed by atoms with Gasteiger partial charge >= 0.3 is 6.03 Å². The minimum absolute atomic E-state index is 0.142. The number of aromatic nitrogens is 1. The first-order chi connectivity index (χ1) is 15.1. The first kappa shape index (κ1) is 21.1. The highest BCUT2D eigenvalue weighted by atomic mass is 16.5. The molecule has 4 rings (SSSR count). The van der Waals surface area contributed by atoms with Crippen LogP contribution in [0.4, 0.5) is 10.6 Å². The summed E-state index contributed by atoms with van der Waals surface area (Å²) < 4.78 is 5.73. The van der Waals surface area contributed by atoms with Crippen LogP contribution in [0.5, 0.6) is 11.6 Å². The van der Waals surface area contributed by atoms with Gasteiger partial charge in [-0.25, -0.2) is 4.79 Å². The molecule has 164 valence electrons. The highest BCUT2D eigenvalue weighted by Gasteiger charge is 2.31. The summed E-state index contributed by atoms with van der Waals surface area (Å²) in [5, 5.41) is 2.85. The molecule has 0 radical (unpaired) electrons. The lowest BCUT2D eigenvalue weighted by atomic mass is 10.2. The van der Waals surface area contributed by atoms with Crippen molar-refractivity contribution in [3.05, 3.63) is 48.5 Å². The fourth-order valence-corrected chi connectivity index (χ4v) is 4.01. The summed E-state index contributed by atoms with van der Waals surface area (Å²) in [5.41, 5.74) is 0. The third-order valence-electron chi connectivity index (χ3n) is 5.85. The van der Waals surface area contributed by atoms with Crippen molar-refractivity contribution in [3.63, 3.8) is 0 Å². The van der Waals surface area contributed by atoms with Gasteiger partial charge < -0.3 is 14.5 Å². The molecule has 2 aliphatic heterocycles. The van der Waals surface area contributed by atoms with Gasteiger partial charge in [0.15, 0.2) is 0 Å². The van der Waals surface area contributed by atoms with Crippen LogP contribution in [0.1, 0.15) is 19.8 Å². The van der Waals surface area contributed by atoms with Crippen LogP contribution < -0.4 is 10.1 Å². The van der Waals surface area contributed by atoms with E-state index in [4.69, 9.17) is 4.74 Å². The van der Waals surface area contributed by atoms with E-state index in [1.807, 2.05) is 42.2 Å². The van der Waals surface area contributed by atoms with Crippen molar-refractivity contribution in [2.24, 2.45) is 0 Å². The molecule has 8 heteroatoms. The topological polar surface area (TPSA) is 78.0 Å². The smallest absolute Gasteiger partial charge is 0.323 e. The number of hydrogen-bond donors (Lipinski definition) is 1. The molecule has 1 atom stereocenters. The van der Waals surface area contributed by atoms with E-state index in [0.29, 0.717) is 43.6 Å². The summed E-state index contributed by atoms with van der Waals surface area (Å²) in [7, 11) is 0. The molecule has 2 aliphatic rings. The Morgan fingerprint density at radius 1 is 0.903 bits per heavy atom. The molecule has 0 saturated carbocycles. The molecule has 1 aromatic carbocycles. The zero-order valence-corrected chi connectivity index (χ0v) is 17.9. The van der Waals surface area contributed by atoms with Gasteiger partial charge in [0.2, 0.25) is 11.8 Å². The van der Waals surface area contributed by atoms with Gasteiger partial charge in [0, 0.05) is 45.3 Å². The van der Waals surface area contributed by atoms with E-state index in [1.54, 1.807) is 23.1 Å². The third-order valence-corrected chi connectivity index (χ3v) is 5.85. The molecule has 3 amide bonds. The second kappa shape index (κ2) is 9.78. The van der Waals surface area contributed by atoms with Crippen LogP contribution in [0.15, 0.2) is 48.5 Å². The first-order valence-corrected chi connectivity index (χ1v) is 10.9. The lowest BCUT2D eigenvalue weighted by Crippen LogP contribution is -2.55. The molecule has 31 heavy (non-hydrogen) atoms. The van der Waals surface area contributed by atoms with Crippen LogP contribution in [-0.4, -0.2) is 76.9 Å². The molecule has 8 nitrogen and oxygen atoms in total. The van der Waals surface area contributed by atoms with E-state index in [9.17, 15) is 9.59 Å². The molecular formula is C23H29N5O3. The lowest BCUT2D eigenvalue weighted by molar-refractivity contribution is -0.135. The van der Waals surface area contributed by atoms with Gasteiger partial charge in [0.1, 0.15) is 11.6 Å². The standard InChI is InChI=1S/C23H29N5O3/c1-18(22(29)27-12-5-6-13-27)26-14-16-28(17-15-26)23(30)25-20-10-7-11-21(24-20)31-19-8-3-2-4-9-19/h2-4,7-11,18H,5-6,12-17H2,1H3,(H,24,25,30). The van der Waals surface area contributed by atoms with Crippen LogP contribution in [-0.2, 0) is 4.79 Å². The second-order valence-corrected chi connectivity index (χ2v) is 7.94. The van der Waals surface area contributed by atoms with Crippen LogP contribution in [0.25, 0.3) is 0 Å². The number of hydrogen-bond acceptors (Lipinski definition) is 5. The number of likely N-dealkylation sites (tertiary alicyclic amines) is 1. The Hall–Kier alpha value is -3.13. The number of urea groups is 1. The van der Waals surface area contributed by atoms with Crippen molar-refractivity contribution in [2.45, 2.75) is 25.8 Å². The normalized spacial score (nSPS) is 18.0. The minimum Gasteiger partial charge on any atom is -0.439 e. The second-order valence-electron chi connectivity index (χ2n) is 7.94. The van der Waals surface area contributed by atoms with Gasteiger partial charge in [-0.15, -0.1) is 0 Å². The summed E-state index contributed by atoms with van der Waals surface area (Å²) >= 11 is 0. The Balaban J connectivity index is 1.28. The van der Waals surface area contributed by atoms with Gasteiger partial charge in [-0.3, -0.25) is 15.0 Å². The number of pyridine rings is 1. The average molecular weight is 424 g/mol. The molecule has 1 unspecified atom stereocenters. The van der Waals surface area contributed by atoms with E-state index in [-0.39, 0.29) is 18.0 Å². The Kier molecular flexibility index (Phi) is 6.66. The molecule has 2 fully saturated rings. The summed E-state index contributed by atoms with van der Waals surface area (Å²) in [5.74, 6) is 1.75. The number of rotatable bonds is 5. The monoisotopic (exact) mass is 423 g/mol. The number of piperazine rings is 1. The summed E-state index contributed by atoms with van der Waals surface area (Å²) in [6.07, 6.45) is 2.19. The number of carbonyl (C=O) groups excluding carboxylic acids is 2. The maximum atomic E-state index is 12.7. The molecule has 2 aromatic rings. The Bertz CT molecular complexity index is 893. The fraction of sp³-hybridized carbons (Fsp3) is 0.435. The van der Waals surface area contributed by atoms with Gasteiger partial charge in [-0.2, -0.15) is 4.98 Å². The SMILES string of the molecule is CC(C(=O)N1CCCC1)N1CCN(C(=O)Nc2cccc(Oc3ccccc3)n2)CC1. The predicted molar refractivity (Wildman–Crippen MR) is 118 cm³/mol. The minimum atomic E-state index is -0.192. The number of benzene rings is 1. The molecule has 3 heterocycles. The molecule has 0 bridgehead atoms. The van der Waals surface area contributed by atoms with Crippen molar-refractivity contribution in [1.29, 1.82) is 0 Å². The number of para-hydroxylation sites is 1. The molecular weight excluding hydrogens is 394 g/mol. The number of anilines is 1. The number of ether oxygens (including phenoxy) is 1. The number of nitrogens with zero attached hydrogens (tertiary/aromatic N) is 4. The van der Waals surface area contributed by atoms with E-state index < -0.39 is 0 Å². The van der Waals surface area contributed by atoms with E-state index in [2.05, 4.69) is 15.2 Å². The highest BCUT2D eigenvalue weighted by molar-refractivity contribution is 5.88. The van der Waals surface area contributed by atoms with Crippen LogP contribution in [0.3, 0.4) is 0 Å². The fourth-order valence-electron chi connectivity index (χ4n) is 4.01. The molecule has 0 spiro atoms. The maximum absolute atomic E-state index is 12.7. The van der Waals surface area contributed by atoms with E-state index >= 15 is 0 Å². The molecule has 0 aliphatic carbocycles. The van der Waals surface area contributed by atoms with Crippen molar-refractivity contribution >= 4 is 17.8 Å². The summed E-state index contributed by atoms with van der Waals surface area (Å²) in [4.78, 5) is 35.6. The average Bonchev–Trinajstić information content (AvgIpc) is 3.34. The zero-order valence-electron chi connectivity index (χ0n) is 17.9. The molecule has 2 saturated heterocycles. The van der Waals surface area contributed by atoms with Gasteiger partial charge in [0.25, 0.3) is 0 Å². The van der Waals surface area contributed by atoms with Gasteiger partial charge in [0.05, 0.1) is 6.04 Å². The first-order valence-electron chi connectivity index (χ1n) is 10.9. The van der Waals surface area contributed by atoms with Crippen molar-refractivity contribution in [3.8, 4) is 11.6 Å². The lowest BCUT2D eigenvalue weighted by Gasteiger charge is -2.38. The van der Waals surface area contributed by atoms with Crippen LogP contribution in [0, 0.1) is 0 Å². The predicted octanol–water partition coefficient (Wildman–Crippen LogP) is 3.03. The summed E-state index contributed by atoms with van der Waals surface area (Å²) in [6, 6.07) is 14.3. The molecule has 1 aromatic heterocycles. The van der Waals surface area contributed by atoms with Gasteiger partial charge in [-0.1, -0.05) is 24.3 Å². The summed E-state index contributed by atoms with van der Waals surface area (Å²) in [6.45, 7) is 6.21. The van der Waals surface area contributed by atoms with Crippen molar-refractivity contribution < 1.29 is 14.3 Å². The van der Waals surface area contributed by atoms with Crippen molar-refractivity contribution in [1.82, 2.24) is 19.7 Å². The van der Waals surface area contributed by atoms with Crippen molar-refractivity contribution in [2.75, 3.05) is 44.6 Å². The zero-order chi connectivity index (χ0) is 21.6. The van der Waals surface area contributed by atoms with E-state index in [0.717, 1.165) is 25.9 Å². The number of amides is 3. The van der Waals surface area contributed by atoms with E-state index in [1.165, 1.54) is 0 Å². The number of nitrogens with one attached hydrogen (secondary N) is 1. The Labute approximate surface area is 182 Å². The van der Waals surface area contributed by atoms with Gasteiger partial charge in [-0.05, 0) is 38.0 Å². The Morgan fingerprint density at radius 2 is 1.61 bits per heavy atom. The quantitative estimate of drug-likeness (QED) is 0.800. The largest absolute Gasteiger partial charge is 0.439 e. The third kappa shape index (κ3) is 5.32. The van der Waals surface area contributed by atoms with Crippen LogP contribution in [0.2, 0.25) is 0 Å². The Morgan fingerprint density at radius 3 is 2.32 bits per heavy atom. The van der Waals surface area contributed by atoms with Crippen LogP contribution >= 0.6 is 0 Å². The number of carbonyl (C=O) groups is 2. The highest BCUT2D eigenvalue weighted by Crippen LogP contribution is 2.20. The molecule has 1 N–H and O–H groups in total. The maximum Gasteiger partial charge on any atom is 0.323 e.